The van der Waals surface area contributed by atoms with E-state index in [0.29, 0.717) is 20.5 Å². The van der Waals surface area contributed by atoms with Crippen LogP contribution in [-0.4, -0.2) is 24.8 Å². The van der Waals surface area contributed by atoms with Crippen LogP contribution < -0.4 is 5.84 Å². The molecule has 21 heavy (non-hydrogen) atoms. The van der Waals surface area contributed by atoms with Gasteiger partial charge in [0.1, 0.15) is 11.2 Å². The molecular weight excluding hydrogens is 360 g/mol. The topological polar surface area (TPSA) is 113 Å². The number of nitrogens with zero attached hydrogens (tertiary/aromatic N) is 5. The van der Waals surface area contributed by atoms with Crippen molar-refractivity contribution in [3.8, 4) is 0 Å². The van der Waals surface area contributed by atoms with Crippen LogP contribution in [0.25, 0.3) is 0 Å². The average molecular weight is 373 g/mol. The number of nitrogen functional groups attached to an aromatic ring is 1. The van der Waals surface area contributed by atoms with Crippen LogP contribution >= 0.6 is 27.7 Å². The maximum absolute atomic E-state index is 10.7. The molecule has 8 nitrogen and oxygen atoms in total. The van der Waals surface area contributed by atoms with Gasteiger partial charge < -0.3 is 5.84 Å². The van der Waals surface area contributed by atoms with Crippen molar-refractivity contribution in [1.29, 1.82) is 0 Å². The van der Waals surface area contributed by atoms with Gasteiger partial charge in [0.25, 0.3) is 5.69 Å². The molecule has 0 radical (unpaired) electrons. The number of hydrogen-bond acceptors (Lipinski definition) is 7. The first kappa shape index (κ1) is 15.7. The predicted molar refractivity (Wildman–Crippen MR) is 81.6 cm³/mol. The minimum atomic E-state index is -0.505. The molecule has 0 amide bonds. The highest BCUT2D eigenvalue weighted by Crippen LogP contribution is 2.33. The summed E-state index contributed by atoms with van der Waals surface area (Å²) in [6.07, 6.45) is 1.19. The average Bonchev–Trinajstić information content (AvgIpc) is 2.73. The lowest BCUT2D eigenvalue weighted by atomic mass is 9.96. The fourth-order valence-corrected chi connectivity index (χ4v) is 2.82. The van der Waals surface area contributed by atoms with Gasteiger partial charge in [0.05, 0.1) is 9.40 Å². The molecule has 0 saturated carbocycles. The molecule has 0 bridgehead atoms. The highest BCUT2D eigenvalue weighted by Gasteiger charge is 2.24. The number of pyridine rings is 1. The lowest BCUT2D eigenvalue weighted by Gasteiger charge is -2.16. The molecule has 0 aliphatic heterocycles. The summed E-state index contributed by atoms with van der Waals surface area (Å²) in [6.45, 7) is 5.94. The van der Waals surface area contributed by atoms with Crippen LogP contribution in [0, 0.1) is 10.1 Å². The Kier molecular flexibility index (Phi) is 4.19. The largest absolute Gasteiger partial charge is 0.336 e. The Morgan fingerprint density at radius 2 is 2.10 bits per heavy atom. The normalized spacial score (nSPS) is 11.6. The van der Waals surface area contributed by atoms with E-state index in [1.807, 2.05) is 20.8 Å². The van der Waals surface area contributed by atoms with E-state index in [9.17, 15) is 10.1 Å². The van der Waals surface area contributed by atoms with Gasteiger partial charge in [0.2, 0.25) is 5.16 Å². The summed E-state index contributed by atoms with van der Waals surface area (Å²) >= 11 is 4.44. The van der Waals surface area contributed by atoms with E-state index in [1.54, 1.807) is 0 Å². The summed E-state index contributed by atoms with van der Waals surface area (Å²) in [6, 6.07) is 1.39. The third-order valence-corrected chi connectivity index (χ3v) is 4.37. The van der Waals surface area contributed by atoms with E-state index in [1.165, 1.54) is 28.7 Å². The van der Waals surface area contributed by atoms with Crippen molar-refractivity contribution < 1.29 is 4.92 Å². The summed E-state index contributed by atoms with van der Waals surface area (Å²) in [5, 5.41) is 19.8. The molecule has 0 spiro atoms. The molecule has 0 atom stereocenters. The minimum Gasteiger partial charge on any atom is -0.336 e. The van der Waals surface area contributed by atoms with Crippen molar-refractivity contribution >= 4 is 33.4 Å². The molecule has 112 valence electrons. The van der Waals surface area contributed by atoms with Gasteiger partial charge >= 0.3 is 0 Å². The van der Waals surface area contributed by atoms with Gasteiger partial charge in [-0.1, -0.05) is 20.8 Å². The Balaban J connectivity index is 2.31. The Morgan fingerprint density at radius 1 is 1.43 bits per heavy atom. The SMILES string of the molecule is CC(C)(C)c1nnc(Sc2ncc([N+](=O)[O-])cc2Br)n1N. The number of rotatable bonds is 3. The summed E-state index contributed by atoms with van der Waals surface area (Å²) in [7, 11) is 0. The van der Waals surface area contributed by atoms with Crippen LogP contribution in [0.15, 0.2) is 26.9 Å². The van der Waals surface area contributed by atoms with E-state index in [0.717, 1.165) is 0 Å². The molecule has 0 saturated heterocycles. The smallest absolute Gasteiger partial charge is 0.288 e. The molecule has 10 heteroatoms. The van der Waals surface area contributed by atoms with Gasteiger partial charge in [0, 0.05) is 11.5 Å². The zero-order chi connectivity index (χ0) is 15.8. The van der Waals surface area contributed by atoms with Crippen molar-refractivity contribution in [2.75, 3.05) is 5.84 Å². The van der Waals surface area contributed by atoms with Gasteiger partial charge in [-0.2, -0.15) is 0 Å². The maximum Gasteiger partial charge on any atom is 0.288 e. The lowest BCUT2D eigenvalue weighted by molar-refractivity contribution is -0.385. The number of nitrogens with two attached hydrogens (primary N) is 1. The van der Waals surface area contributed by atoms with Crippen molar-refractivity contribution in [2.24, 2.45) is 0 Å². The first-order valence-electron chi connectivity index (χ1n) is 5.89. The van der Waals surface area contributed by atoms with Crippen molar-refractivity contribution in [2.45, 2.75) is 36.4 Å². The van der Waals surface area contributed by atoms with Crippen molar-refractivity contribution in [3.63, 3.8) is 0 Å². The standard InChI is InChI=1S/C11H13BrN6O2S/c1-11(2,3)9-15-16-10(17(9)13)21-8-7(12)4-6(5-14-8)18(19)20/h4-5H,13H2,1-3H3. The van der Waals surface area contributed by atoms with Crippen LogP contribution in [0.1, 0.15) is 26.6 Å². The molecule has 2 heterocycles. The predicted octanol–water partition coefficient (Wildman–Crippen LogP) is 2.51. The molecule has 0 unspecified atom stereocenters. The van der Waals surface area contributed by atoms with Crippen LogP contribution in [0.4, 0.5) is 5.69 Å². The number of nitro groups is 1. The van der Waals surface area contributed by atoms with Crippen molar-refractivity contribution in [1.82, 2.24) is 19.9 Å². The fraction of sp³-hybridized carbons (Fsp3) is 0.364. The van der Waals surface area contributed by atoms with Crippen LogP contribution in [0.3, 0.4) is 0 Å². The second-order valence-corrected chi connectivity index (χ2v) is 7.08. The molecule has 2 aromatic rings. The van der Waals surface area contributed by atoms with E-state index in [-0.39, 0.29) is 11.1 Å². The third-order valence-electron chi connectivity index (χ3n) is 2.53. The van der Waals surface area contributed by atoms with Gasteiger partial charge in [-0.25, -0.2) is 9.66 Å². The second kappa shape index (κ2) is 5.60. The zero-order valence-corrected chi connectivity index (χ0v) is 14.0. The summed E-state index contributed by atoms with van der Waals surface area (Å²) < 4.78 is 1.90. The third kappa shape index (κ3) is 3.32. The molecule has 0 aliphatic rings. The van der Waals surface area contributed by atoms with Crippen LogP contribution in [-0.2, 0) is 5.41 Å². The zero-order valence-electron chi connectivity index (χ0n) is 11.6. The minimum absolute atomic E-state index is 0.0872. The Labute approximate surface area is 133 Å². The summed E-state index contributed by atoms with van der Waals surface area (Å²) in [5.41, 5.74) is -0.323. The van der Waals surface area contributed by atoms with Crippen LogP contribution in [0.2, 0.25) is 0 Å². The van der Waals surface area contributed by atoms with E-state index < -0.39 is 4.92 Å². The molecule has 0 aliphatic carbocycles. The fourth-order valence-electron chi connectivity index (χ4n) is 1.53. The van der Waals surface area contributed by atoms with Gasteiger partial charge in [-0.15, -0.1) is 10.2 Å². The van der Waals surface area contributed by atoms with Crippen LogP contribution in [0.5, 0.6) is 0 Å². The Bertz CT molecular complexity index is 697. The molecule has 0 fully saturated rings. The summed E-state index contributed by atoms with van der Waals surface area (Å²) in [5.74, 6) is 6.63. The number of hydrogen-bond donors (Lipinski definition) is 1. The van der Waals surface area contributed by atoms with Gasteiger partial charge in [-0.05, 0) is 27.7 Å². The summed E-state index contributed by atoms with van der Waals surface area (Å²) in [4.78, 5) is 14.2. The molecule has 2 N–H and O–H groups in total. The van der Waals surface area contributed by atoms with E-state index >= 15 is 0 Å². The Hall–Kier alpha value is -1.68. The maximum atomic E-state index is 10.7. The highest BCUT2D eigenvalue weighted by atomic mass is 79.9. The molecule has 0 aromatic carbocycles. The lowest BCUT2D eigenvalue weighted by Crippen LogP contribution is -2.24. The first-order chi connectivity index (χ1) is 9.70. The quantitative estimate of drug-likeness (QED) is 0.500. The van der Waals surface area contributed by atoms with Crippen molar-refractivity contribution in [3.05, 3.63) is 32.7 Å². The highest BCUT2D eigenvalue weighted by molar-refractivity contribution is 9.10. The van der Waals surface area contributed by atoms with Gasteiger partial charge in [0.15, 0.2) is 5.82 Å². The second-order valence-electron chi connectivity index (χ2n) is 5.27. The van der Waals surface area contributed by atoms with Gasteiger partial charge in [-0.3, -0.25) is 10.1 Å². The molecular formula is C11H13BrN6O2S. The van der Waals surface area contributed by atoms with E-state index in [2.05, 4.69) is 31.1 Å². The monoisotopic (exact) mass is 372 g/mol. The van der Waals surface area contributed by atoms with E-state index in [4.69, 9.17) is 5.84 Å². The number of halogens is 1. The molecule has 2 rings (SSSR count). The first-order valence-corrected chi connectivity index (χ1v) is 7.50. The number of aromatic nitrogens is 4. The molecule has 2 aromatic heterocycles. The Morgan fingerprint density at radius 3 is 2.57 bits per heavy atom.